The second kappa shape index (κ2) is 11.1. The van der Waals surface area contributed by atoms with E-state index in [1.165, 1.54) is 5.56 Å². The van der Waals surface area contributed by atoms with Crippen molar-refractivity contribution in [2.75, 3.05) is 26.7 Å². The van der Waals surface area contributed by atoms with Gasteiger partial charge in [-0.1, -0.05) is 24.3 Å². The first kappa shape index (κ1) is 21.5. The van der Waals surface area contributed by atoms with Crippen LogP contribution in [0.2, 0.25) is 0 Å². The number of pyridine rings is 1. The molecule has 1 aromatic carbocycles. The lowest BCUT2D eigenvalue weighted by atomic mass is 10.1. The van der Waals surface area contributed by atoms with Gasteiger partial charge in [-0.3, -0.25) is 9.98 Å². The van der Waals surface area contributed by atoms with Gasteiger partial charge in [-0.15, -0.1) is 24.0 Å². The molecule has 0 unspecified atom stereocenters. The van der Waals surface area contributed by atoms with Crippen molar-refractivity contribution in [1.29, 1.82) is 0 Å². The van der Waals surface area contributed by atoms with Crippen LogP contribution in [0.1, 0.15) is 24.1 Å². The molecule has 0 spiro atoms. The fourth-order valence-corrected chi connectivity index (χ4v) is 3.17. The van der Waals surface area contributed by atoms with E-state index in [4.69, 9.17) is 4.74 Å². The lowest BCUT2D eigenvalue weighted by Gasteiger charge is -2.34. The van der Waals surface area contributed by atoms with Crippen LogP contribution in [0.4, 0.5) is 0 Å². The lowest BCUT2D eigenvalue weighted by molar-refractivity contribution is 0.129. The van der Waals surface area contributed by atoms with E-state index in [1.807, 2.05) is 50.5 Å². The van der Waals surface area contributed by atoms with Gasteiger partial charge in [0.1, 0.15) is 11.9 Å². The normalized spacial score (nSPS) is 15.2. The molecule has 0 amide bonds. The summed E-state index contributed by atoms with van der Waals surface area (Å²) in [6.45, 7) is 4.79. The van der Waals surface area contributed by atoms with Gasteiger partial charge in [-0.25, -0.2) is 0 Å². The van der Waals surface area contributed by atoms with Crippen LogP contribution in [0.5, 0.6) is 5.75 Å². The SMILES string of the molecule is CN=C(NCCc1ccc(C)nc1)N1CCC(Oc2ccccc2)CC1.I. The second-order valence-electron chi connectivity index (χ2n) is 6.65. The number of guanidine groups is 1. The summed E-state index contributed by atoms with van der Waals surface area (Å²) in [6, 6.07) is 14.3. The number of aromatic nitrogens is 1. The quantitative estimate of drug-likeness (QED) is 0.403. The summed E-state index contributed by atoms with van der Waals surface area (Å²) in [6.07, 6.45) is 5.20. The zero-order valence-corrected chi connectivity index (χ0v) is 18.4. The number of piperidine rings is 1. The molecule has 146 valence electrons. The first-order chi connectivity index (χ1) is 12.7. The number of hydrogen-bond acceptors (Lipinski definition) is 3. The average molecular weight is 480 g/mol. The van der Waals surface area contributed by atoms with E-state index in [9.17, 15) is 0 Å². The number of aryl methyl sites for hydroxylation is 1. The minimum absolute atomic E-state index is 0. The van der Waals surface area contributed by atoms with Crippen molar-refractivity contribution < 1.29 is 4.74 Å². The van der Waals surface area contributed by atoms with E-state index in [2.05, 4.69) is 32.3 Å². The highest BCUT2D eigenvalue weighted by atomic mass is 127. The topological polar surface area (TPSA) is 49.8 Å². The number of nitrogens with zero attached hydrogens (tertiary/aromatic N) is 3. The molecule has 0 aliphatic carbocycles. The van der Waals surface area contributed by atoms with Gasteiger partial charge in [0, 0.05) is 51.4 Å². The van der Waals surface area contributed by atoms with E-state index in [0.717, 1.165) is 56.3 Å². The molecule has 0 bridgehead atoms. The predicted octanol–water partition coefficient (Wildman–Crippen LogP) is 3.67. The Hall–Kier alpha value is -1.83. The Morgan fingerprint density at radius 3 is 2.56 bits per heavy atom. The molecule has 5 nitrogen and oxygen atoms in total. The van der Waals surface area contributed by atoms with E-state index >= 15 is 0 Å². The van der Waals surface area contributed by atoms with Gasteiger partial charge >= 0.3 is 0 Å². The number of ether oxygens (including phenoxy) is 1. The molecular weight excluding hydrogens is 451 g/mol. The maximum Gasteiger partial charge on any atom is 0.193 e. The number of para-hydroxylation sites is 1. The summed E-state index contributed by atoms with van der Waals surface area (Å²) in [5.41, 5.74) is 2.30. The Labute approximate surface area is 179 Å². The molecule has 3 rings (SSSR count). The van der Waals surface area contributed by atoms with Crippen LogP contribution in [0.3, 0.4) is 0 Å². The molecule has 0 saturated carbocycles. The second-order valence-corrected chi connectivity index (χ2v) is 6.65. The number of rotatable bonds is 5. The number of benzene rings is 1. The van der Waals surface area contributed by atoms with Crippen molar-refractivity contribution >= 4 is 29.9 Å². The molecule has 1 aliphatic heterocycles. The number of halogens is 1. The smallest absolute Gasteiger partial charge is 0.193 e. The molecule has 27 heavy (non-hydrogen) atoms. The Morgan fingerprint density at radius 2 is 1.93 bits per heavy atom. The maximum atomic E-state index is 6.07. The van der Waals surface area contributed by atoms with Crippen LogP contribution in [0.25, 0.3) is 0 Å². The van der Waals surface area contributed by atoms with Gasteiger partial charge in [-0.05, 0) is 37.1 Å². The van der Waals surface area contributed by atoms with Crippen LogP contribution in [-0.2, 0) is 6.42 Å². The summed E-state index contributed by atoms with van der Waals surface area (Å²) >= 11 is 0. The van der Waals surface area contributed by atoms with Crippen molar-refractivity contribution in [2.24, 2.45) is 4.99 Å². The predicted molar refractivity (Wildman–Crippen MR) is 121 cm³/mol. The third kappa shape index (κ3) is 6.68. The van der Waals surface area contributed by atoms with Crippen LogP contribution in [0, 0.1) is 6.92 Å². The zero-order chi connectivity index (χ0) is 18.2. The maximum absolute atomic E-state index is 6.07. The fourth-order valence-electron chi connectivity index (χ4n) is 3.17. The Bertz CT molecular complexity index is 698. The van der Waals surface area contributed by atoms with E-state index in [1.54, 1.807) is 0 Å². The fraction of sp³-hybridized carbons (Fsp3) is 0.429. The van der Waals surface area contributed by atoms with Crippen molar-refractivity contribution in [3.05, 3.63) is 59.9 Å². The molecular formula is C21H29IN4O. The number of hydrogen-bond donors (Lipinski definition) is 1. The molecule has 1 N–H and O–H groups in total. The molecule has 1 aromatic heterocycles. The van der Waals surface area contributed by atoms with Crippen molar-refractivity contribution in [2.45, 2.75) is 32.3 Å². The minimum atomic E-state index is 0. The van der Waals surface area contributed by atoms with Crippen LogP contribution < -0.4 is 10.1 Å². The first-order valence-corrected chi connectivity index (χ1v) is 9.33. The van der Waals surface area contributed by atoms with E-state index in [0.29, 0.717) is 0 Å². The van der Waals surface area contributed by atoms with E-state index in [-0.39, 0.29) is 30.1 Å². The number of nitrogens with one attached hydrogen (secondary N) is 1. The molecule has 2 heterocycles. The molecule has 0 radical (unpaired) electrons. The highest BCUT2D eigenvalue weighted by Crippen LogP contribution is 2.18. The molecule has 0 atom stereocenters. The summed E-state index contributed by atoms with van der Waals surface area (Å²) in [4.78, 5) is 11.1. The van der Waals surface area contributed by atoms with Gasteiger partial charge in [0.05, 0.1) is 0 Å². The number of likely N-dealkylation sites (tertiary alicyclic amines) is 1. The van der Waals surface area contributed by atoms with Gasteiger partial charge in [-0.2, -0.15) is 0 Å². The molecule has 2 aromatic rings. The highest BCUT2D eigenvalue weighted by molar-refractivity contribution is 14.0. The zero-order valence-electron chi connectivity index (χ0n) is 16.1. The lowest BCUT2D eigenvalue weighted by Crippen LogP contribution is -2.47. The van der Waals surface area contributed by atoms with Crippen LogP contribution in [-0.4, -0.2) is 48.6 Å². The Kier molecular flexibility index (Phi) is 8.84. The van der Waals surface area contributed by atoms with Crippen molar-refractivity contribution in [3.63, 3.8) is 0 Å². The third-order valence-corrected chi connectivity index (χ3v) is 4.67. The molecule has 1 fully saturated rings. The first-order valence-electron chi connectivity index (χ1n) is 9.33. The highest BCUT2D eigenvalue weighted by Gasteiger charge is 2.22. The summed E-state index contributed by atoms with van der Waals surface area (Å²) in [5, 5.41) is 3.47. The Balaban J connectivity index is 0.00000261. The number of aliphatic imine (C=N–C) groups is 1. The third-order valence-electron chi connectivity index (χ3n) is 4.67. The van der Waals surface area contributed by atoms with Gasteiger partial charge in [0.2, 0.25) is 0 Å². The summed E-state index contributed by atoms with van der Waals surface area (Å²) in [5.74, 6) is 1.93. The van der Waals surface area contributed by atoms with Crippen molar-refractivity contribution in [3.8, 4) is 5.75 Å². The monoisotopic (exact) mass is 480 g/mol. The molecule has 1 saturated heterocycles. The van der Waals surface area contributed by atoms with Gasteiger partial charge in [0.25, 0.3) is 0 Å². The van der Waals surface area contributed by atoms with E-state index < -0.39 is 0 Å². The largest absolute Gasteiger partial charge is 0.490 e. The standard InChI is InChI=1S/C21H28N4O.HI/c1-17-8-9-18(16-24-17)10-13-23-21(22-2)25-14-11-20(12-15-25)26-19-6-4-3-5-7-19;/h3-9,16,20H,10-15H2,1-2H3,(H,22,23);1H. The average Bonchev–Trinajstić information content (AvgIpc) is 2.68. The summed E-state index contributed by atoms with van der Waals surface area (Å²) in [7, 11) is 1.85. The van der Waals surface area contributed by atoms with Gasteiger partial charge in [0.15, 0.2) is 5.96 Å². The van der Waals surface area contributed by atoms with Gasteiger partial charge < -0.3 is 15.0 Å². The molecule has 1 aliphatic rings. The van der Waals surface area contributed by atoms with Crippen molar-refractivity contribution in [1.82, 2.24) is 15.2 Å². The minimum Gasteiger partial charge on any atom is -0.490 e. The summed E-state index contributed by atoms with van der Waals surface area (Å²) < 4.78 is 6.07. The Morgan fingerprint density at radius 1 is 1.19 bits per heavy atom. The van der Waals surface area contributed by atoms with Crippen LogP contribution >= 0.6 is 24.0 Å². The van der Waals surface area contributed by atoms with Crippen LogP contribution in [0.15, 0.2) is 53.7 Å². The molecule has 6 heteroatoms.